The van der Waals surface area contributed by atoms with Crippen molar-refractivity contribution in [3.05, 3.63) is 50.9 Å². The predicted molar refractivity (Wildman–Crippen MR) is 65.2 cm³/mol. The number of aromatic nitrogens is 2. The van der Waals surface area contributed by atoms with E-state index in [1.54, 1.807) is 0 Å². The van der Waals surface area contributed by atoms with E-state index in [2.05, 4.69) is 9.97 Å². The second-order valence-corrected chi connectivity index (χ2v) is 3.86. The number of nitro groups is 1. The Morgan fingerprint density at radius 2 is 1.94 bits per heavy atom. The number of hydrogen-bond acceptors (Lipinski definition) is 5. The average molecular weight is 286 g/mol. The van der Waals surface area contributed by atoms with Crippen molar-refractivity contribution in [2.45, 2.75) is 0 Å². The van der Waals surface area contributed by atoms with Crippen LogP contribution in [0.25, 0.3) is 0 Å². The van der Waals surface area contributed by atoms with Crippen LogP contribution in [-0.2, 0) is 0 Å². The van der Waals surface area contributed by atoms with Crippen molar-refractivity contribution in [3.63, 3.8) is 0 Å². The third kappa shape index (κ3) is 2.49. The van der Waals surface area contributed by atoms with Crippen LogP contribution in [0.3, 0.4) is 0 Å². The van der Waals surface area contributed by atoms with Crippen LogP contribution in [0.15, 0.2) is 30.6 Å². The summed E-state index contributed by atoms with van der Waals surface area (Å²) in [6.45, 7) is 0. The number of halogens is 2. The fourth-order valence-corrected chi connectivity index (χ4v) is 1.57. The highest BCUT2D eigenvalue weighted by Crippen LogP contribution is 2.38. The second kappa shape index (κ2) is 5.16. The number of nitro benzene ring substituents is 1. The largest absolute Gasteiger partial charge is 0.427 e. The van der Waals surface area contributed by atoms with Gasteiger partial charge in [-0.2, -0.15) is 0 Å². The minimum absolute atomic E-state index is 0.00767. The van der Waals surface area contributed by atoms with E-state index in [-0.39, 0.29) is 27.5 Å². The first-order valence-corrected chi connectivity index (χ1v) is 5.42. The molecule has 92 valence electrons. The molecule has 2 aromatic rings. The first-order chi connectivity index (χ1) is 8.59. The molecule has 2 rings (SSSR count). The smallest absolute Gasteiger partial charge is 0.313 e. The Bertz CT molecular complexity index is 607. The van der Waals surface area contributed by atoms with Gasteiger partial charge in [0.05, 0.1) is 9.95 Å². The lowest BCUT2D eigenvalue weighted by Gasteiger charge is -2.07. The van der Waals surface area contributed by atoms with E-state index < -0.39 is 4.92 Å². The molecule has 8 heteroatoms. The Hall–Kier alpha value is -1.92. The number of benzene rings is 1. The molecule has 0 atom stereocenters. The summed E-state index contributed by atoms with van der Waals surface area (Å²) < 4.78 is 5.25. The van der Waals surface area contributed by atoms with E-state index in [0.29, 0.717) is 0 Å². The Morgan fingerprint density at radius 3 is 2.61 bits per heavy atom. The summed E-state index contributed by atoms with van der Waals surface area (Å²) in [5.74, 6) is -0.165. The molecule has 0 aliphatic heterocycles. The minimum atomic E-state index is -0.606. The highest BCUT2D eigenvalue weighted by atomic mass is 35.5. The van der Waals surface area contributed by atoms with Crippen molar-refractivity contribution in [2.75, 3.05) is 0 Å². The topological polar surface area (TPSA) is 78.2 Å². The number of hydrogen-bond donors (Lipinski definition) is 0. The zero-order valence-electron chi connectivity index (χ0n) is 8.71. The highest BCUT2D eigenvalue weighted by molar-refractivity contribution is 6.32. The van der Waals surface area contributed by atoms with Gasteiger partial charge in [-0.3, -0.25) is 10.1 Å². The number of rotatable bonds is 3. The van der Waals surface area contributed by atoms with Gasteiger partial charge in [-0.1, -0.05) is 29.3 Å². The lowest BCUT2D eigenvalue weighted by atomic mass is 10.3. The first-order valence-electron chi connectivity index (χ1n) is 4.67. The molecule has 0 bridgehead atoms. The van der Waals surface area contributed by atoms with E-state index in [1.807, 2.05) is 0 Å². The maximum atomic E-state index is 10.8. The predicted octanol–water partition coefficient (Wildman–Crippen LogP) is 3.48. The van der Waals surface area contributed by atoms with Gasteiger partial charge in [0.1, 0.15) is 0 Å². The molecule has 0 spiro atoms. The highest BCUT2D eigenvalue weighted by Gasteiger charge is 2.20. The third-order valence-corrected chi connectivity index (χ3v) is 2.52. The van der Waals surface area contributed by atoms with Crippen LogP contribution >= 0.6 is 23.2 Å². The third-order valence-electron chi connectivity index (χ3n) is 1.96. The summed E-state index contributed by atoms with van der Waals surface area (Å²) in [7, 11) is 0. The molecule has 0 aliphatic rings. The summed E-state index contributed by atoms with van der Waals surface area (Å²) in [6, 6.07) is 4.19. The minimum Gasteiger partial charge on any atom is -0.427 e. The van der Waals surface area contributed by atoms with Crippen LogP contribution < -0.4 is 4.74 Å². The lowest BCUT2D eigenvalue weighted by Crippen LogP contribution is -1.96. The van der Waals surface area contributed by atoms with Crippen LogP contribution in [0.1, 0.15) is 0 Å². The molecule has 0 radical (unpaired) electrons. The molecular weight excluding hydrogens is 281 g/mol. The van der Waals surface area contributed by atoms with Crippen molar-refractivity contribution >= 4 is 28.9 Å². The van der Waals surface area contributed by atoms with Crippen molar-refractivity contribution in [2.24, 2.45) is 0 Å². The molecule has 1 heterocycles. The Kier molecular flexibility index (Phi) is 3.59. The molecular formula is C10H5Cl2N3O3. The maximum Gasteiger partial charge on any atom is 0.313 e. The molecule has 0 saturated carbocycles. The van der Waals surface area contributed by atoms with Crippen LogP contribution in [-0.4, -0.2) is 14.9 Å². The summed E-state index contributed by atoms with van der Waals surface area (Å²) in [6.07, 6.45) is 2.72. The molecule has 1 aromatic carbocycles. The van der Waals surface area contributed by atoms with Crippen molar-refractivity contribution in [1.82, 2.24) is 9.97 Å². The molecule has 0 unspecified atom stereocenters. The molecule has 0 aliphatic carbocycles. The normalized spacial score (nSPS) is 10.1. The van der Waals surface area contributed by atoms with Gasteiger partial charge in [-0.25, -0.2) is 9.97 Å². The van der Waals surface area contributed by atoms with Gasteiger partial charge in [0, 0.05) is 18.5 Å². The SMILES string of the molecule is O=[N+]([O-])c1cccc(Cl)c1Oc1nccnc1Cl. The monoisotopic (exact) mass is 285 g/mol. The molecule has 0 N–H and O–H groups in total. The van der Waals surface area contributed by atoms with E-state index in [0.717, 1.165) is 0 Å². The zero-order chi connectivity index (χ0) is 13.1. The van der Waals surface area contributed by atoms with E-state index >= 15 is 0 Å². The van der Waals surface area contributed by atoms with Gasteiger partial charge in [0.25, 0.3) is 5.88 Å². The van der Waals surface area contributed by atoms with E-state index in [9.17, 15) is 10.1 Å². The summed E-state index contributed by atoms with van der Waals surface area (Å²) in [4.78, 5) is 17.8. The average Bonchev–Trinajstić information content (AvgIpc) is 2.34. The molecule has 0 amide bonds. The van der Waals surface area contributed by atoms with Crippen molar-refractivity contribution in [3.8, 4) is 11.6 Å². The van der Waals surface area contributed by atoms with Crippen molar-refractivity contribution < 1.29 is 9.66 Å². The number of para-hydroxylation sites is 1. The maximum absolute atomic E-state index is 10.8. The van der Waals surface area contributed by atoms with Gasteiger partial charge in [-0.05, 0) is 6.07 Å². The van der Waals surface area contributed by atoms with Crippen LogP contribution in [0, 0.1) is 10.1 Å². The van der Waals surface area contributed by atoms with Gasteiger partial charge >= 0.3 is 5.69 Å². The summed E-state index contributed by atoms with van der Waals surface area (Å²) in [5, 5.41) is 10.9. The molecule has 1 aromatic heterocycles. The second-order valence-electron chi connectivity index (χ2n) is 3.10. The fraction of sp³-hybridized carbons (Fsp3) is 0. The summed E-state index contributed by atoms with van der Waals surface area (Å²) >= 11 is 11.6. The van der Waals surface area contributed by atoms with Crippen LogP contribution in [0.5, 0.6) is 11.6 Å². The molecule has 0 fully saturated rings. The standard InChI is InChI=1S/C10H5Cl2N3O3/c11-6-2-1-3-7(15(16)17)8(6)18-10-9(12)13-4-5-14-10/h1-5H. The van der Waals surface area contributed by atoms with Gasteiger partial charge in [-0.15, -0.1) is 0 Å². The quantitative estimate of drug-likeness (QED) is 0.637. The zero-order valence-corrected chi connectivity index (χ0v) is 10.2. The fourth-order valence-electron chi connectivity index (χ4n) is 1.22. The van der Waals surface area contributed by atoms with Crippen molar-refractivity contribution in [1.29, 1.82) is 0 Å². The Morgan fingerprint density at radius 1 is 1.22 bits per heavy atom. The van der Waals surface area contributed by atoms with Crippen LogP contribution in [0.2, 0.25) is 10.2 Å². The molecule has 0 saturated heterocycles. The van der Waals surface area contributed by atoms with Gasteiger partial charge in [0.15, 0.2) is 5.15 Å². The Labute approximate surface area is 111 Å². The lowest BCUT2D eigenvalue weighted by molar-refractivity contribution is -0.385. The van der Waals surface area contributed by atoms with E-state index in [1.165, 1.54) is 30.6 Å². The van der Waals surface area contributed by atoms with Crippen LogP contribution in [0.4, 0.5) is 5.69 Å². The first kappa shape index (κ1) is 12.5. The van der Waals surface area contributed by atoms with E-state index in [4.69, 9.17) is 27.9 Å². The summed E-state index contributed by atoms with van der Waals surface area (Å²) in [5.41, 5.74) is -0.274. The Balaban J connectivity index is 2.46. The molecule has 18 heavy (non-hydrogen) atoms. The number of nitrogens with zero attached hydrogens (tertiary/aromatic N) is 3. The molecule has 6 nitrogen and oxygen atoms in total. The van der Waals surface area contributed by atoms with Gasteiger partial charge in [0.2, 0.25) is 5.75 Å². The van der Waals surface area contributed by atoms with Gasteiger partial charge < -0.3 is 4.74 Å². The number of ether oxygens (including phenoxy) is 1.